The van der Waals surface area contributed by atoms with Crippen LogP contribution in [0.2, 0.25) is 0 Å². The molecule has 116 valence electrons. The molecule has 1 amide bonds. The minimum Gasteiger partial charge on any atom is -0.478 e. The van der Waals surface area contributed by atoms with Crippen LogP contribution in [-0.2, 0) is 6.42 Å². The summed E-state index contributed by atoms with van der Waals surface area (Å²) < 4.78 is 0. The molecule has 6 nitrogen and oxygen atoms in total. The standard InChI is InChI=1S/C15H17N3O3S/c1-4-13-18-12(7-22-13)9(3)17-14(19)11-6-5-10(15(20)21)8(2)16-11/h5-7,9H,4H2,1-3H3,(H,17,19)(H,20,21). The largest absolute Gasteiger partial charge is 0.478 e. The van der Waals surface area contributed by atoms with E-state index in [2.05, 4.69) is 15.3 Å². The Morgan fingerprint density at radius 2 is 2.09 bits per heavy atom. The maximum atomic E-state index is 12.2. The van der Waals surface area contributed by atoms with Gasteiger partial charge in [0.2, 0.25) is 0 Å². The number of carboxylic acid groups (broad SMARTS) is 1. The summed E-state index contributed by atoms with van der Waals surface area (Å²) in [5.41, 5.74) is 1.42. The zero-order valence-corrected chi connectivity index (χ0v) is 13.4. The van der Waals surface area contributed by atoms with Gasteiger partial charge in [0.15, 0.2) is 0 Å². The van der Waals surface area contributed by atoms with Gasteiger partial charge in [-0.2, -0.15) is 0 Å². The highest BCUT2D eigenvalue weighted by Gasteiger charge is 2.17. The number of hydrogen-bond acceptors (Lipinski definition) is 5. The van der Waals surface area contributed by atoms with Crippen LogP contribution in [0.5, 0.6) is 0 Å². The van der Waals surface area contributed by atoms with Crippen molar-refractivity contribution in [3.8, 4) is 0 Å². The van der Waals surface area contributed by atoms with Crippen molar-refractivity contribution >= 4 is 23.2 Å². The second kappa shape index (κ2) is 6.65. The summed E-state index contributed by atoms with van der Waals surface area (Å²) in [5, 5.41) is 14.7. The number of aromatic nitrogens is 2. The van der Waals surface area contributed by atoms with Crippen LogP contribution in [0.25, 0.3) is 0 Å². The highest BCUT2D eigenvalue weighted by Crippen LogP contribution is 2.17. The number of amides is 1. The number of carbonyl (C=O) groups is 2. The number of rotatable bonds is 5. The van der Waals surface area contributed by atoms with Gasteiger partial charge in [0.05, 0.1) is 28.0 Å². The predicted molar refractivity (Wildman–Crippen MR) is 83.3 cm³/mol. The van der Waals surface area contributed by atoms with Gasteiger partial charge >= 0.3 is 5.97 Å². The average molecular weight is 319 g/mol. The number of pyridine rings is 1. The third-order valence-corrected chi connectivity index (χ3v) is 4.22. The van der Waals surface area contributed by atoms with Crippen molar-refractivity contribution < 1.29 is 14.7 Å². The molecule has 2 heterocycles. The molecule has 2 aromatic heterocycles. The fraction of sp³-hybridized carbons (Fsp3) is 0.333. The van der Waals surface area contributed by atoms with Crippen LogP contribution in [0.1, 0.15) is 57.1 Å². The van der Waals surface area contributed by atoms with Gasteiger partial charge in [0.25, 0.3) is 5.91 Å². The Bertz CT molecular complexity index is 712. The van der Waals surface area contributed by atoms with Crippen molar-refractivity contribution in [3.05, 3.63) is 45.2 Å². The SMILES string of the molecule is CCc1nc(C(C)NC(=O)c2ccc(C(=O)O)c(C)n2)cs1. The highest BCUT2D eigenvalue weighted by molar-refractivity contribution is 7.09. The van der Waals surface area contributed by atoms with Gasteiger partial charge in [-0.25, -0.2) is 14.8 Å². The van der Waals surface area contributed by atoms with E-state index >= 15 is 0 Å². The van der Waals surface area contributed by atoms with Gasteiger partial charge in [0, 0.05) is 5.38 Å². The van der Waals surface area contributed by atoms with Crippen molar-refractivity contribution in [1.29, 1.82) is 0 Å². The van der Waals surface area contributed by atoms with Crippen LogP contribution in [0.15, 0.2) is 17.5 Å². The molecule has 1 atom stereocenters. The summed E-state index contributed by atoms with van der Waals surface area (Å²) in [4.78, 5) is 31.6. The Hall–Kier alpha value is -2.28. The summed E-state index contributed by atoms with van der Waals surface area (Å²) in [6.45, 7) is 5.45. The molecule has 0 spiro atoms. The zero-order chi connectivity index (χ0) is 16.3. The molecule has 0 fully saturated rings. The van der Waals surface area contributed by atoms with Gasteiger partial charge < -0.3 is 10.4 Å². The number of hydrogen-bond donors (Lipinski definition) is 2. The van der Waals surface area contributed by atoms with Crippen LogP contribution in [-0.4, -0.2) is 27.0 Å². The van der Waals surface area contributed by atoms with Crippen LogP contribution < -0.4 is 5.32 Å². The van der Waals surface area contributed by atoms with E-state index < -0.39 is 5.97 Å². The van der Waals surface area contributed by atoms with Crippen LogP contribution in [0, 0.1) is 6.92 Å². The molecule has 7 heteroatoms. The second-order valence-electron chi connectivity index (χ2n) is 4.85. The number of aryl methyl sites for hydroxylation is 2. The van der Waals surface area contributed by atoms with E-state index in [0.717, 1.165) is 17.1 Å². The summed E-state index contributed by atoms with van der Waals surface area (Å²) in [5.74, 6) is -1.40. The molecular formula is C15H17N3O3S. The summed E-state index contributed by atoms with van der Waals surface area (Å²) >= 11 is 1.57. The maximum Gasteiger partial charge on any atom is 0.337 e. The first-order chi connectivity index (χ1) is 10.4. The lowest BCUT2D eigenvalue weighted by atomic mass is 10.1. The minimum absolute atomic E-state index is 0.0942. The Morgan fingerprint density at radius 3 is 2.64 bits per heavy atom. The number of nitrogens with one attached hydrogen (secondary N) is 1. The Kier molecular flexibility index (Phi) is 4.87. The molecule has 0 radical (unpaired) electrons. The van der Waals surface area contributed by atoms with Crippen LogP contribution >= 0.6 is 11.3 Å². The van der Waals surface area contributed by atoms with Gasteiger partial charge in [-0.15, -0.1) is 11.3 Å². The summed E-state index contributed by atoms with van der Waals surface area (Å²) in [6.07, 6.45) is 0.864. The monoisotopic (exact) mass is 319 g/mol. The normalized spacial score (nSPS) is 12.0. The number of carboxylic acids is 1. The lowest BCUT2D eigenvalue weighted by Crippen LogP contribution is -2.28. The van der Waals surface area contributed by atoms with E-state index in [-0.39, 0.29) is 23.2 Å². The third-order valence-electron chi connectivity index (χ3n) is 3.21. The summed E-state index contributed by atoms with van der Waals surface area (Å²) in [6, 6.07) is 2.57. The quantitative estimate of drug-likeness (QED) is 0.883. The first-order valence-corrected chi connectivity index (χ1v) is 7.76. The van der Waals surface area contributed by atoms with Crippen molar-refractivity contribution in [3.63, 3.8) is 0 Å². The Morgan fingerprint density at radius 1 is 1.36 bits per heavy atom. The molecule has 0 aromatic carbocycles. The van der Waals surface area contributed by atoms with Crippen molar-refractivity contribution in [2.45, 2.75) is 33.2 Å². The molecule has 2 aromatic rings. The first kappa shape index (κ1) is 16.1. The lowest BCUT2D eigenvalue weighted by Gasteiger charge is -2.12. The zero-order valence-electron chi connectivity index (χ0n) is 12.6. The van der Waals surface area contributed by atoms with Gasteiger partial charge in [-0.05, 0) is 32.4 Å². The number of thiazole rings is 1. The summed E-state index contributed by atoms with van der Waals surface area (Å²) in [7, 11) is 0. The molecule has 0 saturated heterocycles. The molecule has 0 aliphatic heterocycles. The van der Waals surface area contributed by atoms with Gasteiger partial charge in [-0.3, -0.25) is 4.79 Å². The first-order valence-electron chi connectivity index (χ1n) is 6.88. The molecule has 0 bridgehead atoms. The average Bonchev–Trinajstić information content (AvgIpc) is 2.95. The minimum atomic E-state index is -1.06. The Balaban J connectivity index is 2.11. The molecular weight excluding hydrogens is 302 g/mol. The van der Waals surface area contributed by atoms with Gasteiger partial charge in [-0.1, -0.05) is 6.92 Å². The Labute approximate surface area is 132 Å². The maximum absolute atomic E-state index is 12.2. The molecule has 22 heavy (non-hydrogen) atoms. The molecule has 1 unspecified atom stereocenters. The van der Waals surface area contributed by atoms with Crippen molar-refractivity contribution in [2.24, 2.45) is 0 Å². The van der Waals surface area contributed by atoms with E-state index in [1.54, 1.807) is 18.3 Å². The topological polar surface area (TPSA) is 92.2 Å². The third kappa shape index (κ3) is 3.48. The molecule has 0 saturated carbocycles. The fourth-order valence-corrected chi connectivity index (χ4v) is 2.78. The van der Waals surface area contributed by atoms with E-state index in [0.29, 0.717) is 5.69 Å². The van der Waals surface area contributed by atoms with Crippen molar-refractivity contribution in [2.75, 3.05) is 0 Å². The van der Waals surface area contributed by atoms with E-state index in [4.69, 9.17) is 5.11 Å². The molecule has 0 aliphatic rings. The second-order valence-corrected chi connectivity index (χ2v) is 5.79. The number of aromatic carboxylic acids is 1. The lowest BCUT2D eigenvalue weighted by molar-refractivity contribution is 0.0694. The molecule has 2 rings (SSSR count). The number of carbonyl (C=O) groups excluding carboxylic acids is 1. The van der Waals surface area contributed by atoms with Gasteiger partial charge in [0.1, 0.15) is 5.69 Å². The van der Waals surface area contributed by atoms with E-state index in [1.807, 2.05) is 19.2 Å². The van der Waals surface area contributed by atoms with E-state index in [9.17, 15) is 9.59 Å². The van der Waals surface area contributed by atoms with E-state index in [1.165, 1.54) is 12.1 Å². The molecule has 2 N–H and O–H groups in total. The fourth-order valence-electron chi connectivity index (χ4n) is 1.94. The molecule has 0 aliphatic carbocycles. The van der Waals surface area contributed by atoms with Crippen LogP contribution in [0.3, 0.4) is 0 Å². The van der Waals surface area contributed by atoms with Crippen molar-refractivity contribution in [1.82, 2.24) is 15.3 Å². The number of nitrogens with zero attached hydrogens (tertiary/aromatic N) is 2. The smallest absolute Gasteiger partial charge is 0.337 e. The highest BCUT2D eigenvalue weighted by atomic mass is 32.1. The predicted octanol–water partition coefficient (Wildman–Crippen LogP) is 2.60. The van der Waals surface area contributed by atoms with Crippen LogP contribution in [0.4, 0.5) is 0 Å².